The minimum absolute atomic E-state index is 0.0197. The lowest BCUT2D eigenvalue weighted by molar-refractivity contribution is -0.528. The molecule has 0 aromatic heterocycles. The number of fused-ring (bicyclic) bond motifs is 1. The van der Waals surface area contributed by atoms with Gasteiger partial charge in [0.1, 0.15) is 5.75 Å². The maximum atomic E-state index is 13.2. The molecule has 0 saturated heterocycles. The predicted octanol–water partition coefficient (Wildman–Crippen LogP) is -1.86. The van der Waals surface area contributed by atoms with Crippen LogP contribution in [0.4, 0.5) is 0 Å². The van der Waals surface area contributed by atoms with Crippen LogP contribution >= 0.6 is 0 Å². The maximum absolute atomic E-state index is 13.2. The van der Waals surface area contributed by atoms with Crippen molar-refractivity contribution in [2.24, 2.45) is 5.73 Å². The monoisotopic (exact) mass is 358 g/mol. The summed E-state index contributed by atoms with van der Waals surface area (Å²) in [4.78, 5) is 3.39. The molecule has 1 unspecified atom stereocenters. The zero-order valence-electron chi connectivity index (χ0n) is 14.9. The number of nitrogens with one attached hydrogen (secondary N) is 1. The highest BCUT2D eigenvalue weighted by Gasteiger charge is 2.21. The summed E-state index contributed by atoms with van der Waals surface area (Å²) >= 11 is 0. The van der Waals surface area contributed by atoms with Gasteiger partial charge in [-0.3, -0.25) is 11.1 Å². The van der Waals surface area contributed by atoms with Crippen molar-refractivity contribution in [3.63, 3.8) is 0 Å². The van der Waals surface area contributed by atoms with Gasteiger partial charge in [0.2, 0.25) is 5.36 Å². The van der Waals surface area contributed by atoms with Crippen LogP contribution in [0.15, 0.2) is 60.7 Å². The molecular weight excluding hydrogens is 338 g/mol. The molecule has 3 aromatic rings. The fraction of sp³-hybridized carbons (Fsp3) is 0.0909. The predicted molar refractivity (Wildman–Crippen MR) is 101 cm³/mol. The fourth-order valence-electron chi connectivity index (χ4n) is 3.37. The first kappa shape index (κ1) is 16.8. The van der Waals surface area contributed by atoms with Gasteiger partial charge in [-0.1, -0.05) is 36.1 Å². The summed E-state index contributed by atoms with van der Waals surface area (Å²) in [5.41, 5.74) is 8.59. The van der Waals surface area contributed by atoms with Crippen LogP contribution < -0.4 is 36.6 Å². The Balaban J connectivity index is 1.86. The standard InChI is InChI=1S/C22H19N3O2/c1-27-16-11-17(13-5-3-2-4-6-13)21(26)18(12-16)20-10-15-9-14(22(23)24)7-8-19(15)25-20/h2-12,20,26H,1H3,(H3,23,24)/p+1. The van der Waals surface area contributed by atoms with E-state index in [0.29, 0.717) is 16.9 Å². The first-order valence-corrected chi connectivity index (χ1v) is 8.65. The Kier molecular flexibility index (Phi) is 4.12. The highest BCUT2D eigenvalue weighted by molar-refractivity contribution is 5.92. The lowest BCUT2D eigenvalue weighted by Crippen LogP contribution is -2.76. The fourth-order valence-corrected chi connectivity index (χ4v) is 3.37. The van der Waals surface area contributed by atoms with E-state index >= 15 is 0 Å². The Morgan fingerprint density at radius 3 is 2.59 bits per heavy atom. The number of ether oxygens (including phenoxy) is 1. The van der Waals surface area contributed by atoms with Gasteiger partial charge in [0, 0.05) is 22.9 Å². The molecule has 5 nitrogen and oxygen atoms in total. The number of hydrogen-bond acceptors (Lipinski definition) is 2. The lowest BCUT2D eigenvalue weighted by Gasteiger charge is -2.20. The zero-order chi connectivity index (χ0) is 19.0. The van der Waals surface area contributed by atoms with E-state index in [1.807, 2.05) is 54.6 Å². The average molecular weight is 358 g/mol. The van der Waals surface area contributed by atoms with Crippen LogP contribution in [0.5, 0.6) is 11.5 Å². The summed E-state index contributed by atoms with van der Waals surface area (Å²) in [5.74, 6) is 0.899. The summed E-state index contributed by atoms with van der Waals surface area (Å²) in [5, 5.41) is 20.8. The molecule has 1 aliphatic rings. The first-order valence-electron chi connectivity index (χ1n) is 8.65. The van der Waals surface area contributed by atoms with Crippen molar-refractivity contribution in [3.05, 3.63) is 82.4 Å². The van der Waals surface area contributed by atoms with Crippen molar-refractivity contribution in [1.82, 2.24) is 0 Å². The summed E-state index contributed by atoms with van der Waals surface area (Å²) in [7, 11) is 1.60. The third kappa shape index (κ3) is 3.04. The van der Waals surface area contributed by atoms with Crippen LogP contribution in [0.1, 0.15) is 17.2 Å². The molecular formula is C22H20N3O2+. The van der Waals surface area contributed by atoms with Crippen molar-refractivity contribution in [2.75, 3.05) is 7.11 Å². The minimum Gasteiger partial charge on any atom is -0.872 e. The molecule has 0 radical (unpaired) electrons. The van der Waals surface area contributed by atoms with Gasteiger partial charge < -0.3 is 9.84 Å². The Morgan fingerprint density at radius 2 is 1.89 bits per heavy atom. The highest BCUT2D eigenvalue weighted by Crippen LogP contribution is 2.36. The molecule has 5 heteroatoms. The molecule has 0 amide bonds. The SMILES string of the molecule is COc1cc(-c2ccccc2)c([O-])c(C2C=c3cc(C(N)=[NH2+])ccc3=[NH+]2)c1. The number of amidine groups is 1. The number of benzene rings is 3. The summed E-state index contributed by atoms with van der Waals surface area (Å²) < 4.78 is 5.44. The third-order valence-corrected chi connectivity index (χ3v) is 4.79. The third-order valence-electron chi connectivity index (χ3n) is 4.79. The number of methoxy groups -OCH3 is 1. The maximum Gasteiger partial charge on any atom is 0.270 e. The smallest absolute Gasteiger partial charge is 0.270 e. The second-order valence-corrected chi connectivity index (χ2v) is 6.51. The second kappa shape index (κ2) is 6.61. The number of nitrogens with two attached hydrogens (primary N) is 2. The van der Waals surface area contributed by atoms with E-state index in [9.17, 15) is 5.11 Å². The molecule has 0 saturated carbocycles. The van der Waals surface area contributed by atoms with E-state index < -0.39 is 0 Å². The topological polar surface area (TPSA) is 97.9 Å². The number of rotatable bonds is 4. The zero-order valence-corrected chi connectivity index (χ0v) is 14.9. The van der Waals surface area contributed by atoms with Crippen LogP contribution in [0.25, 0.3) is 17.2 Å². The van der Waals surface area contributed by atoms with E-state index in [1.54, 1.807) is 19.2 Å². The first-order chi connectivity index (χ1) is 13.1. The Morgan fingerprint density at radius 1 is 1.11 bits per heavy atom. The van der Waals surface area contributed by atoms with Crippen LogP contribution in [-0.4, -0.2) is 12.9 Å². The Bertz CT molecular complexity index is 1150. The molecule has 4 rings (SSSR count). The van der Waals surface area contributed by atoms with Crippen molar-refractivity contribution in [1.29, 1.82) is 0 Å². The molecule has 134 valence electrons. The molecule has 27 heavy (non-hydrogen) atoms. The summed E-state index contributed by atoms with van der Waals surface area (Å²) in [6, 6.07) is 18.6. The molecule has 1 aliphatic heterocycles. The molecule has 0 aliphatic carbocycles. The molecule has 3 aromatic carbocycles. The molecule has 0 spiro atoms. The van der Waals surface area contributed by atoms with E-state index in [4.69, 9.17) is 15.9 Å². The Hall–Kier alpha value is -3.60. The van der Waals surface area contributed by atoms with Crippen LogP contribution in [-0.2, 0) is 0 Å². The molecule has 5 N–H and O–H groups in total. The molecule has 0 bridgehead atoms. The normalized spacial score (nSPS) is 14.8. The van der Waals surface area contributed by atoms with Crippen LogP contribution in [0, 0.1) is 0 Å². The molecule has 1 heterocycles. The van der Waals surface area contributed by atoms with E-state index in [-0.39, 0.29) is 17.6 Å². The van der Waals surface area contributed by atoms with Crippen molar-refractivity contribution >= 4 is 11.9 Å². The second-order valence-electron chi connectivity index (χ2n) is 6.51. The lowest BCUT2D eigenvalue weighted by atomic mass is 9.97. The van der Waals surface area contributed by atoms with Gasteiger partial charge in [0.25, 0.3) is 5.84 Å². The Labute approximate surface area is 156 Å². The van der Waals surface area contributed by atoms with E-state index in [2.05, 4.69) is 4.99 Å². The van der Waals surface area contributed by atoms with E-state index in [0.717, 1.165) is 21.7 Å². The average Bonchev–Trinajstić information content (AvgIpc) is 3.11. The summed E-state index contributed by atoms with van der Waals surface area (Å²) in [6.45, 7) is 0. The molecule has 1 atom stereocenters. The summed E-state index contributed by atoms with van der Waals surface area (Å²) in [6.07, 6.45) is 2.01. The van der Waals surface area contributed by atoms with Crippen molar-refractivity contribution in [3.8, 4) is 22.6 Å². The molecule has 0 fully saturated rings. The van der Waals surface area contributed by atoms with Gasteiger partial charge in [-0.2, -0.15) is 0 Å². The minimum atomic E-state index is -0.251. The number of hydrogen-bond donors (Lipinski definition) is 3. The van der Waals surface area contributed by atoms with Gasteiger partial charge in [0.05, 0.1) is 12.7 Å². The highest BCUT2D eigenvalue weighted by atomic mass is 16.5. The van der Waals surface area contributed by atoms with Gasteiger partial charge in [0.15, 0.2) is 6.04 Å². The van der Waals surface area contributed by atoms with Gasteiger partial charge in [-0.15, -0.1) is 0 Å². The van der Waals surface area contributed by atoms with Crippen molar-refractivity contribution in [2.45, 2.75) is 6.04 Å². The van der Waals surface area contributed by atoms with Gasteiger partial charge in [-0.25, -0.2) is 4.99 Å². The van der Waals surface area contributed by atoms with Crippen LogP contribution in [0.3, 0.4) is 0 Å². The van der Waals surface area contributed by atoms with Crippen LogP contribution in [0.2, 0.25) is 0 Å². The van der Waals surface area contributed by atoms with Gasteiger partial charge >= 0.3 is 0 Å². The van der Waals surface area contributed by atoms with E-state index in [1.165, 1.54) is 0 Å². The largest absolute Gasteiger partial charge is 0.872 e. The van der Waals surface area contributed by atoms with Crippen molar-refractivity contribution < 1.29 is 20.2 Å². The quantitative estimate of drug-likeness (QED) is 0.377. The van der Waals surface area contributed by atoms with Gasteiger partial charge in [-0.05, 0) is 35.4 Å².